The highest BCUT2D eigenvalue weighted by Crippen LogP contribution is 2.32. The summed E-state index contributed by atoms with van der Waals surface area (Å²) in [7, 11) is 1.61. The van der Waals surface area contributed by atoms with E-state index in [4.69, 9.17) is 4.74 Å². The van der Waals surface area contributed by atoms with Gasteiger partial charge in [0.15, 0.2) is 0 Å². The molecule has 0 saturated heterocycles. The first-order valence-corrected chi connectivity index (χ1v) is 11.4. The zero-order chi connectivity index (χ0) is 23.2. The number of benzene rings is 3. The number of carbonyl (C=O) groups is 1. The van der Waals surface area contributed by atoms with Crippen LogP contribution in [0.5, 0.6) is 5.75 Å². The Morgan fingerprint density at radius 2 is 1.70 bits per heavy atom. The number of rotatable bonds is 9. The number of aliphatic hydroxyl groups is 2. The van der Waals surface area contributed by atoms with Crippen molar-refractivity contribution in [2.45, 2.75) is 43.9 Å². The molecule has 3 aromatic rings. The third-order valence-electron chi connectivity index (χ3n) is 6.40. The van der Waals surface area contributed by atoms with Crippen LogP contribution < -0.4 is 10.1 Å². The van der Waals surface area contributed by atoms with E-state index in [1.165, 1.54) is 0 Å². The van der Waals surface area contributed by atoms with Crippen LogP contribution in [0.2, 0.25) is 0 Å². The van der Waals surface area contributed by atoms with E-state index >= 15 is 0 Å². The van der Waals surface area contributed by atoms with E-state index in [0.29, 0.717) is 25.7 Å². The van der Waals surface area contributed by atoms with Crippen molar-refractivity contribution in [1.29, 1.82) is 0 Å². The third-order valence-corrected chi connectivity index (χ3v) is 6.40. The molecule has 0 fully saturated rings. The maximum absolute atomic E-state index is 13.4. The Balaban J connectivity index is 1.50. The highest BCUT2D eigenvalue weighted by Gasteiger charge is 2.34. The zero-order valence-electron chi connectivity index (χ0n) is 18.9. The topological polar surface area (TPSA) is 78.8 Å². The van der Waals surface area contributed by atoms with Gasteiger partial charge in [0.25, 0.3) is 0 Å². The quantitative estimate of drug-likeness (QED) is 0.470. The second-order valence-electron chi connectivity index (χ2n) is 8.75. The smallest absolute Gasteiger partial charge is 0.224 e. The Morgan fingerprint density at radius 1 is 1.00 bits per heavy atom. The first-order valence-electron chi connectivity index (χ1n) is 11.4. The minimum Gasteiger partial charge on any atom is -0.496 e. The Hall–Kier alpha value is -3.15. The molecule has 1 aliphatic rings. The van der Waals surface area contributed by atoms with Gasteiger partial charge in [-0.15, -0.1) is 0 Å². The summed E-state index contributed by atoms with van der Waals surface area (Å²) in [6.45, 7) is 0. The molecule has 5 nitrogen and oxygen atoms in total. The summed E-state index contributed by atoms with van der Waals surface area (Å²) in [6, 6.07) is 24.8. The number of hydrogen-bond acceptors (Lipinski definition) is 4. The van der Waals surface area contributed by atoms with Crippen LogP contribution in [-0.2, 0) is 24.1 Å². The van der Waals surface area contributed by atoms with E-state index < -0.39 is 24.2 Å². The van der Waals surface area contributed by atoms with Gasteiger partial charge in [-0.2, -0.15) is 0 Å². The number of aliphatic hydroxyl groups excluding tert-OH is 2. The van der Waals surface area contributed by atoms with Crippen LogP contribution in [0.4, 0.5) is 0 Å². The molecule has 3 N–H and O–H groups in total. The molecule has 0 saturated carbocycles. The average molecular weight is 446 g/mol. The Bertz CT molecular complexity index is 1070. The zero-order valence-corrected chi connectivity index (χ0v) is 18.9. The van der Waals surface area contributed by atoms with Gasteiger partial charge in [0.05, 0.1) is 25.4 Å². The van der Waals surface area contributed by atoms with Gasteiger partial charge >= 0.3 is 0 Å². The molecule has 172 valence electrons. The van der Waals surface area contributed by atoms with Crippen LogP contribution in [0, 0.1) is 5.92 Å². The first kappa shape index (κ1) is 23.0. The lowest BCUT2D eigenvalue weighted by Crippen LogP contribution is -2.39. The summed E-state index contributed by atoms with van der Waals surface area (Å²) in [5.41, 5.74) is 3.97. The van der Waals surface area contributed by atoms with Crippen molar-refractivity contribution in [2.24, 2.45) is 5.92 Å². The molecule has 1 amide bonds. The number of fused-ring (bicyclic) bond motifs is 1. The Kier molecular flexibility index (Phi) is 7.43. The van der Waals surface area contributed by atoms with Crippen LogP contribution in [0.25, 0.3) is 0 Å². The number of carbonyl (C=O) groups excluding carboxylic acids is 1. The van der Waals surface area contributed by atoms with Crippen molar-refractivity contribution in [3.63, 3.8) is 0 Å². The summed E-state index contributed by atoms with van der Waals surface area (Å²) in [6.07, 6.45) is 0.394. The van der Waals surface area contributed by atoms with E-state index in [9.17, 15) is 15.0 Å². The molecule has 5 heteroatoms. The molecule has 0 spiro atoms. The van der Waals surface area contributed by atoms with Gasteiger partial charge in [-0.05, 0) is 41.2 Å². The predicted octanol–water partition coefficient (Wildman–Crippen LogP) is 3.62. The molecule has 33 heavy (non-hydrogen) atoms. The molecule has 0 aliphatic heterocycles. The van der Waals surface area contributed by atoms with Crippen molar-refractivity contribution in [3.8, 4) is 5.75 Å². The van der Waals surface area contributed by atoms with E-state index in [1.54, 1.807) is 7.11 Å². The molecular weight excluding hydrogens is 414 g/mol. The lowest BCUT2D eigenvalue weighted by molar-refractivity contribution is -0.127. The Labute approximate surface area is 195 Å². The summed E-state index contributed by atoms with van der Waals surface area (Å²) in [4.78, 5) is 13.4. The lowest BCUT2D eigenvalue weighted by Gasteiger charge is -2.24. The molecular formula is C28H31NO4. The van der Waals surface area contributed by atoms with Gasteiger partial charge in [-0.3, -0.25) is 4.79 Å². The molecule has 4 atom stereocenters. The van der Waals surface area contributed by atoms with Gasteiger partial charge in [0.2, 0.25) is 5.91 Å². The third kappa shape index (κ3) is 5.62. The fourth-order valence-electron chi connectivity index (χ4n) is 4.74. The molecule has 0 radical (unpaired) electrons. The normalized spacial score (nSPS) is 18.9. The molecule has 4 rings (SSSR count). The number of methoxy groups -OCH3 is 1. The largest absolute Gasteiger partial charge is 0.496 e. The van der Waals surface area contributed by atoms with Crippen LogP contribution in [0.15, 0.2) is 78.9 Å². The standard InChI is InChI=1S/C28H31NO4/c1-33-26-14-8-6-12-21(26)16-23(30)17-22(15-19-9-3-2-4-10-19)28(32)29-27-24-13-7-5-11-20(24)18-25(27)31/h2-14,22-23,25,27,30-31H,15-18H2,1H3,(H,29,32)/t22-,23+,25+,27?/m0/s1. The minimum absolute atomic E-state index is 0.154. The molecule has 0 bridgehead atoms. The first-order chi connectivity index (χ1) is 16.0. The van der Waals surface area contributed by atoms with Crippen molar-refractivity contribution in [3.05, 3.63) is 101 Å². The fourth-order valence-corrected chi connectivity index (χ4v) is 4.74. The number of para-hydroxylation sites is 1. The number of nitrogens with one attached hydrogen (secondary N) is 1. The fraction of sp³-hybridized carbons (Fsp3) is 0.321. The second kappa shape index (κ2) is 10.6. The lowest BCUT2D eigenvalue weighted by atomic mass is 9.90. The van der Waals surface area contributed by atoms with E-state index in [1.807, 2.05) is 78.9 Å². The highest BCUT2D eigenvalue weighted by molar-refractivity contribution is 5.79. The second-order valence-corrected chi connectivity index (χ2v) is 8.75. The van der Waals surface area contributed by atoms with Crippen LogP contribution >= 0.6 is 0 Å². The summed E-state index contributed by atoms with van der Waals surface area (Å²) in [5.74, 6) is 0.141. The van der Waals surface area contributed by atoms with Crippen LogP contribution in [0.3, 0.4) is 0 Å². The van der Waals surface area contributed by atoms with Gasteiger partial charge in [0.1, 0.15) is 5.75 Å². The van der Waals surface area contributed by atoms with Gasteiger partial charge in [-0.1, -0.05) is 72.8 Å². The van der Waals surface area contributed by atoms with Crippen molar-refractivity contribution >= 4 is 5.91 Å². The number of ether oxygens (including phenoxy) is 1. The maximum Gasteiger partial charge on any atom is 0.224 e. The average Bonchev–Trinajstić information content (AvgIpc) is 3.14. The molecule has 0 heterocycles. The van der Waals surface area contributed by atoms with E-state index in [-0.39, 0.29) is 5.91 Å². The minimum atomic E-state index is -0.707. The van der Waals surface area contributed by atoms with Crippen LogP contribution in [0.1, 0.15) is 34.7 Å². The van der Waals surface area contributed by atoms with Crippen molar-refractivity contribution in [2.75, 3.05) is 7.11 Å². The van der Waals surface area contributed by atoms with Gasteiger partial charge in [-0.25, -0.2) is 0 Å². The number of hydrogen-bond donors (Lipinski definition) is 3. The summed E-state index contributed by atoms with van der Waals surface area (Å²) in [5, 5.41) is 24.6. The summed E-state index contributed by atoms with van der Waals surface area (Å²) < 4.78 is 5.41. The van der Waals surface area contributed by atoms with Gasteiger partial charge < -0.3 is 20.3 Å². The van der Waals surface area contributed by atoms with Crippen LogP contribution in [-0.4, -0.2) is 35.4 Å². The van der Waals surface area contributed by atoms with Crippen molar-refractivity contribution in [1.82, 2.24) is 5.32 Å². The monoisotopic (exact) mass is 445 g/mol. The SMILES string of the molecule is COc1ccccc1C[C@@H](O)C[C@H](Cc1ccccc1)C(=O)NC1c2ccccc2C[C@H]1O. The summed E-state index contributed by atoms with van der Waals surface area (Å²) >= 11 is 0. The van der Waals surface area contributed by atoms with Crippen molar-refractivity contribution < 1.29 is 19.7 Å². The number of amides is 1. The molecule has 3 aromatic carbocycles. The van der Waals surface area contributed by atoms with Gasteiger partial charge in [0, 0.05) is 18.8 Å². The maximum atomic E-state index is 13.4. The van der Waals surface area contributed by atoms with E-state index in [2.05, 4.69) is 5.32 Å². The highest BCUT2D eigenvalue weighted by atomic mass is 16.5. The molecule has 0 aromatic heterocycles. The molecule has 1 aliphatic carbocycles. The van der Waals surface area contributed by atoms with E-state index in [0.717, 1.165) is 28.0 Å². The molecule has 1 unspecified atom stereocenters. The predicted molar refractivity (Wildman–Crippen MR) is 128 cm³/mol. The Morgan fingerprint density at radius 3 is 2.48 bits per heavy atom.